The Bertz CT molecular complexity index is 2710. The number of carbonyl (C=O) groups is 2. The Balaban J connectivity index is 1.28. The second-order valence-electron chi connectivity index (χ2n) is 12.2. The molecule has 6 aromatic carbocycles. The Morgan fingerprint density at radius 3 is 2.04 bits per heavy atom. The smallest absolute Gasteiger partial charge is 0.268 e. The molecule has 0 radical (unpaired) electrons. The number of rotatable bonds is 5. The highest BCUT2D eigenvalue weighted by Gasteiger charge is 2.40. The second kappa shape index (κ2) is 11.6. The lowest BCUT2D eigenvalue weighted by atomic mass is 9.97. The summed E-state index contributed by atoms with van der Waals surface area (Å²) < 4.78 is 2.05. The molecular formula is C44H26N4O2. The third kappa shape index (κ3) is 4.38. The standard InChI is InChI=1S/C44H26N4O2/c45-26-31-23-24-46-27-37(31)34-17-9-16-33-32-15-7-8-19-38(32)47(42(33)34)40-20-10-18-35-41(40)44(50)48(43(35)49)39-22-21-30(28-11-3-1-4-12-28)25-36(39)29-13-5-2-6-14-29/h1-25,27H. The van der Waals surface area contributed by atoms with E-state index in [0.717, 1.165) is 49.6 Å². The first-order chi connectivity index (χ1) is 24.6. The Hall–Kier alpha value is -7.10. The predicted octanol–water partition coefficient (Wildman–Crippen LogP) is 9.85. The van der Waals surface area contributed by atoms with Crippen LogP contribution in [0.4, 0.5) is 5.69 Å². The summed E-state index contributed by atoms with van der Waals surface area (Å²) in [7, 11) is 0. The molecule has 1 aliphatic heterocycles. The van der Waals surface area contributed by atoms with Crippen LogP contribution in [-0.2, 0) is 0 Å². The highest BCUT2D eigenvalue weighted by Crippen LogP contribution is 2.43. The van der Waals surface area contributed by atoms with Gasteiger partial charge in [-0.15, -0.1) is 0 Å². The molecule has 0 saturated carbocycles. The van der Waals surface area contributed by atoms with Crippen molar-refractivity contribution >= 4 is 39.3 Å². The number of hydrogen-bond donors (Lipinski definition) is 0. The normalized spacial score (nSPS) is 12.4. The summed E-state index contributed by atoms with van der Waals surface area (Å²) in [5.41, 5.74) is 9.15. The van der Waals surface area contributed by atoms with E-state index in [1.54, 1.807) is 24.5 Å². The van der Waals surface area contributed by atoms with Gasteiger partial charge in [0.2, 0.25) is 0 Å². The Kier molecular flexibility index (Phi) is 6.72. The molecule has 3 heterocycles. The van der Waals surface area contributed by atoms with E-state index in [2.05, 4.69) is 21.7 Å². The molecular weight excluding hydrogens is 617 g/mol. The molecule has 9 rings (SSSR count). The second-order valence-corrected chi connectivity index (χ2v) is 12.2. The van der Waals surface area contributed by atoms with Crippen LogP contribution in [0.15, 0.2) is 158 Å². The van der Waals surface area contributed by atoms with Crippen molar-refractivity contribution in [2.75, 3.05) is 4.90 Å². The van der Waals surface area contributed by atoms with Gasteiger partial charge in [-0.2, -0.15) is 5.26 Å². The lowest BCUT2D eigenvalue weighted by Gasteiger charge is -2.20. The van der Waals surface area contributed by atoms with E-state index in [1.165, 1.54) is 4.90 Å². The Morgan fingerprint density at radius 2 is 1.24 bits per heavy atom. The summed E-state index contributed by atoms with van der Waals surface area (Å²) in [6.45, 7) is 0. The fourth-order valence-corrected chi connectivity index (χ4v) is 7.26. The average molecular weight is 643 g/mol. The first kappa shape index (κ1) is 29.1. The number of fused-ring (bicyclic) bond motifs is 4. The van der Waals surface area contributed by atoms with E-state index in [4.69, 9.17) is 0 Å². The molecule has 0 fully saturated rings. The first-order valence-corrected chi connectivity index (χ1v) is 16.3. The van der Waals surface area contributed by atoms with E-state index < -0.39 is 5.91 Å². The molecule has 0 bridgehead atoms. The van der Waals surface area contributed by atoms with Gasteiger partial charge in [0.25, 0.3) is 11.8 Å². The summed E-state index contributed by atoms with van der Waals surface area (Å²) in [6, 6.07) is 49.2. The summed E-state index contributed by atoms with van der Waals surface area (Å²) >= 11 is 0. The number of aromatic nitrogens is 2. The molecule has 0 unspecified atom stereocenters. The number of pyridine rings is 1. The number of carbonyl (C=O) groups excluding carboxylic acids is 2. The molecule has 6 nitrogen and oxygen atoms in total. The molecule has 0 N–H and O–H groups in total. The minimum Gasteiger partial charge on any atom is -0.308 e. The van der Waals surface area contributed by atoms with Crippen LogP contribution in [0, 0.1) is 11.3 Å². The van der Waals surface area contributed by atoms with Crippen molar-refractivity contribution in [3.05, 3.63) is 175 Å². The molecule has 0 atom stereocenters. The van der Waals surface area contributed by atoms with Crippen LogP contribution in [0.1, 0.15) is 26.3 Å². The molecule has 8 aromatic rings. The van der Waals surface area contributed by atoms with Gasteiger partial charge in [-0.1, -0.05) is 109 Å². The number of nitriles is 1. The van der Waals surface area contributed by atoms with Gasteiger partial charge in [-0.25, -0.2) is 4.90 Å². The number of hydrogen-bond acceptors (Lipinski definition) is 4. The molecule has 2 amide bonds. The van der Waals surface area contributed by atoms with Crippen molar-refractivity contribution in [2.24, 2.45) is 0 Å². The van der Waals surface area contributed by atoms with Crippen LogP contribution in [0.5, 0.6) is 0 Å². The van der Waals surface area contributed by atoms with Crippen molar-refractivity contribution in [3.8, 4) is 45.1 Å². The van der Waals surface area contributed by atoms with Crippen molar-refractivity contribution < 1.29 is 9.59 Å². The van der Waals surface area contributed by atoms with E-state index in [1.807, 2.05) is 127 Å². The predicted molar refractivity (Wildman–Crippen MR) is 197 cm³/mol. The number of para-hydroxylation sites is 2. The van der Waals surface area contributed by atoms with E-state index in [9.17, 15) is 14.9 Å². The zero-order valence-electron chi connectivity index (χ0n) is 26.6. The van der Waals surface area contributed by atoms with Gasteiger partial charge >= 0.3 is 0 Å². The molecule has 50 heavy (non-hydrogen) atoms. The number of imide groups is 1. The van der Waals surface area contributed by atoms with Crippen LogP contribution >= 0.6 is 0 Å². The summed E-state index contributed by atoms with van der Waals surface area (Å²) in [4.78, 5) is 34.9. The van der Waals surface area contributed by atoms with E-state index in [0.29, 0.717) is 33.6 Å². The number of anilines is 1. The third-order valence-electron chi connectivity index (χ3n) is 9.49. The van der Waals surface area contributed by atoms with Crippen LogP contribution in [0.3, 0.4) is 0 Å². The Labute approximate surface area is 287 Å². The summed E-state index contributed by atoms with van der Waals surface area (Å²) in [5.74, 6) is -0.774. The number of benzene rings is 6. The zero-order chi connectivity index (χ0) is 33.8. The minimum absolute atomic E-state index is 0.327. The highest BCUT2D eigenvalue weighted by molar-refractivity contribution is 6.36. The number of amides is 2. The molecule has 6 heteroatoms. The Morgan fingerprint density at radius 1 is 0.540 bits per heavy atom. The number of nitrogens with zero attached hydrogens (tertiary/aromatic N) is 4. The van der Waals surface area contributed by atoms with Gasteiger partial charge in [0.15, 0.2) is 0 Å². The zero-order valence-corrected chi connectivity index (χ0v) is 26.6. The van der Waals surface area contributed by atoms with Crippen LogP contribution < -0.4 is 4.90 Å². The fourth-order valence-electron chi connectivity index (χ4n) is 7.26. The van der Waals surface area contributed by atoms with Gasteiger partial charge in [0.1, 0.15) is 0 Å². The summed E-state index contributed by atoms with van der Waals surface area (Å²) in [5, 5.41) is 12.0. The molecule has 0 saturated heterocycles. The maximum absolute atomic E-state index is 14.8. The monoisotopic (exact) mass is 642 g/mol. The molecule has 1 aliphatic rings. The molecule has 234 valence electrons. The minimum atomic E-state index is -0.396. The van der Waals surface area contributed by atoms with Gasteiger partial charge in [-0.05, 0) is 53.1 Å². The van der Waals surface area contributed by atoms with Crippen molar-refractivity contribution in [2.45, 2.75) is 0 Å². The highest BCUT2D eigenvalue weighted by atomic mass is 16.2. The largest absolute Gasteiger partial charge is 0.308 e. The van der Waals surface area contributed by atoms with E-state index >= 15 is 0 Å². The SMILES string of the molecule is N#Cc1ccncc1-c1cccc2c3ccccc3n(-c3cccc4c3C(=O)N(c3ccc(-c5ccccc5)cc3-c3ccccc3)C4=O)c12. The maximum Gasteiger partial charge on any atom is 0.268 e. The van der Waals surface area contributed by atoms with Gasteiger partial charge in [0.05, 0.1) is 45.2 Å². The third-order valence-corrected chi connectivity index (χ3v) is 9.49. The van der Waals surface area contributed by atoms with Crippen molar-refractivity contribution in [1.29, 1.82) is 5.26 Å². The van der Waals surface area contributed by atoms with Gasteiger partial charge < -0.3 is 4.57 Å². The maximum atomic E-state index is 14.8. The quantitative estimate of drug-likeness (QED) is 0.175. The lowest BCUT2D eigenvalue weighted by molar-refractivity contribution is 0.0926. The first-order valence-electron chi connectivity index (χ1n) is 16.3. The molecule has 0 aliphatic carbocycles. The van der Waals surface area contributed by atoms with Crippen molar-refractivity contribution in [3.63, 3.8) is 0 Å². The fraction of sp³-hybridized carbons (Fsp3) is 0. The topological polar surface area (TPSA) is 79.0 Å². The summed E-state index contributed by atoms with van der Waals surface area (Å²) in [6.07, 6.45) is 3.31. The van der Waals surface area contributed by atoms with Gasteiger partial charge in [0, 0.05) is 39.9 Å². The van der Waals surface area contributed by atoms with Crippen LogP contribution in [0.25, 0.3) is 60.9 Å². The van der Waals surface area contributed by atoms with Crippen molar-refractivity contribution in [1.82, 2.24) is 9.55 Å². The van der Waals surface area contributed by atoms with E-state index in [-0.39, 0.29) is 5.91 Å². The lowest BCUT2D eigenvalue weighted by Crippen LogP contribution is -2.30. The molecule has 2 aromatic heterocycles. The van der Waals surface area contributed by atoms with Crippen LogP contribution in [-0.4, -0.2) is 21.4 Å². The van der Waals surface area contributed by atoms with Crippen LogP contribution in [0.2, 0.25) is 0 Å². The molecule has 0 spiro atoms. The average Bonchev–Trinajstić information content (AvgIpc) is 3.66. The van der Waals surface area contributed by atoms with Gasteiger partial charge in [-0.3, -0.25) is 14.6 Å².